The molecule has 174 valence electrons. The molecular weight excluding hydrogens is 424 g/mol. The molecule has 9 heteroatoms. The highest BCUT2D eigenvalue weighted by atomic mass is 19.4. The lowest BCUT2D eigenvalue weighted by molar-refractivity contribution is -0.168. The van der Waals surface area contributed by atoms with Gasteiger partial charge in [0.05, 0.1) is 11.0 Å². The zero-order chi connectivity index (χ0) is 23.2. The predicted octanol–water partition coefficient (Wildman–Crippen LogP) is 2.32. The van der Waals surface area contributed by atoms with Crippen LogP contribution in [0.4, 0.5) is 23.2 Å². The Morgan fingerprint density at radius 1 is 1.31 bits per heavy atom. The minimum atomic E-state index is -4.69. The molecule has 1 aromatic rings. The molecule has 5 nitrogen and oxygen atoms in total. The van der Waals surface area contributed by atoms with Crippen molar-refractivity contribution in [3.05, 3.63) is 40.3 Å². The summed E-state index contributed by atoms with van der Waals surface area (Å²) in [4.78, 5) is 18.8. The van der Waals surface area contributed by atoms with Crippen LogP contribution in [0, 0.1) is 24.6 Å². The third-order valence-electron chi connectivity index (χ3n) is 6.47. The molecule has 0 spiro atoms. The summed E-state index contributed by atoms with van der Waals surface area (Å²) in [6, 6.07) is -1.33. The lowest BCUT2D eigenvalue weighted by Crippen LogP contribution is -2.58. The van der Waals surface area contributed by atoms with E-state index in [1.165, 1.54) is 11.6 Å². The van der Waals surface area contributed by atoms with Crippen LogP contribution in [-0.4, -0.2) is 44.3 Å². The van der Waals surface area contributed by atoms with Crippen LogP contribution < -0.4 is 26.1 Å². The van der Waals surface area contributed by atoms with Gasteiger partial charge < -0.3 is 15.5 Å². The molecule has 0 bridgehead atoms. The number of alkyl halides is 3. The second-order valence-electron chi connectivity index (χ2n) is 9.14. The van der Waals surface area contributed by atoms with Crippen LogP contribution in [0.25, 0.3) is 5.57 Å². The number of carbonyl (C=O) groups excluding carboxylic acids is 1. The van der Waals surface area contributed by atoms with Crippen LogP contribution >= 0.6 is 0 Å². The van der Waals surface area contributed by atoms with E-state index in [-0.39, 0.29) is 18.3 Å². The molecule has 2 heterocycles. The summed E-state index contributed by atoms with van der Waals surface area (Å²) < 4.78 is 54.8. The Kier molecular flexibility index (Phi) is 6.04. The fraction of sp³-hybridized carbons (Fsp3) is 0.565. The van der Waals surface area contributed by atoms with Crippen molar-refractivity contribution in [2.75, 3.05) is 25.0 Å². The molecule has 4 rings (SSSR count). The topological polar surface area (TPSA) is 56.7 Å². The first-order valence-corrected chi connectivity index (χ1v) is 10.9. The number of fused-ring (bicyclic) bond motifs is 2. The number of hydrogen-bond acceptors (Lipinski definition) is 4. The van der Waals surface area contributed by atoms with Crippen LogP contribution in [-0.2, 0) is 4.79 Å². The van der Waals surface area contributed by atoms with E-state index in [4.69, 9.17) is 0 Å². The van der Waals surface area contributed by atoms with Crippen LogP contribution in [0.2, 0.25) is 0 Å². The van der Waals surface area contributed by atoms with Crippen LogP contribution in [0.3, 0.4) is 0 Å². The Hall–Kier alpha value is -2.42. The summed E-state index contributed by atoms with van der Waals surface area (Å²) in [6.07, 6.45) is 1.38. The molecule has 2 unspecified atom stereocenters. The monoisotopic (exact) mass is 452 g/mol. The van der Waals surface area contributed by atoms with Crippen molar-refractivity contribution < 1.29 is 22.4 Å². The van der Waals surface area contributed by atoms with Gasteiger partial charge >= 0.3 is 6.18 Å². The zero-order valence-electron chi connectivity index (χ0n) is 18.4. The quantitative estimate of drug-likeness (QED) is 0.690. The minimum absolute atomic E-state index is 0.0646. The van der Waals surface area contributed by atoms with Crippen molar-refractivity contribution in [2.45, 2.75) is 51.4 Å². The second kappa shape index (κ2) is 8.50. The van der Waals surface area contributed by atoms with Crippen molar-refractivity contribution in [3.63, 3.8) is 0 Å². The number of aryl methyl sites for hydroxylation is 1. The Labute approximate surface area is 184 Å². The van der Waals surface area contributed by atoms with Gasteiger partial charge in [0.25, 0.3) is 0 Å². The fourth-order valence-electron chi connectivity index (χ4n) is 4.99. The lowest BCUT2D eigenvalue weighted by Gasteiger charge is -2.39. The van der Waals surface area contributed by atoms with Crippen LogP contribution in [0.5, 0.6) is 0 Å². The van der Waals surface area contributed by atoms with E-state index in [1.54, 1.807) is 6.20 Å². The highest BCUT2D eigenvalue weighted by molar-refractivity contribution is 5.83. The van der Waals surface area contributed by atoms with E-state index in [1.807, 2.05) is 30.1 Å². The van der Waals surface area contributed by atoms with Gasteiger partial charge in [-0.15, -0.1) is 0 Å². The molecule has 1 aromatic carbocycles. The first-order valence-electron chi connectivity index (χ1n) is 10.9. The first kappa shape index (κ1) is 22.8. The molecule has 1 saturated carbocycles. The van der Waals surface area contributed by atoms with E-state index in [2.05, 4.69) is 10.3 Å². The van der Waals surface area contributed by atoms with Crippen molar-refractivity contribution in [2.24, 2.45) is 16.8 Å². The number of rotatable bonds is 4. The SMILES string of the molecule is CNC(C(=O)N[C@@H]1C[C@H](C)CN(c2c(F)cc(C)c3/c2=C2\CC2C/C=C\N=3)C1)C(F)(F)F. The number of nitrogens with one attached hydrogen (secondary N) is 2. The Morgan fingerprint density at radius 3 is 2.75 bits per heavy atom. The smallest absolute Gasteiger partial charge is 0.366 e. The van der Waals surface area contributed by atoms with Crippen molar-refractivity contribution in [1.29, 1.82) is 0 Å². The second-order valence-corrected chi connectivity index (χ2v) is 9.14. The van der Waals surface area contributed by atoms with Gasteiger partial charge in [-0.2, -0.15) is 13.2 Å². The number of carbonyl (C=O) groups is 1. The van der Waals surface area contributed by atoms with Gasteiger partial charge in [0.2, 0.25) is 5.91 Å². The molecule has 32 heavy (non-hydrogen) atoms. The third-order valence-corrected chi connectivity index (χ3v) is 6.47. The maximum atomic E-state index is 15.3. The van der Waals surface area contributed by atoms with Gasteiger partial charge in [0.1, 0.15) is 5.82 Å². The molecule has 3 aliphatic rings. The minimum Gasteiger partial charge on any atom is -0.366 e. The standard InChI is InChI=1S/C23H28F4N4O/c1-12-7-15(30-22(32)21(28-3)23(25,26)27)11-31(10-12)20-17(24)8-13(2)19-18(20)16-9-14(16)5-4-6-29-19/h4,6,8,12,14-15,21,28H,5,7,9-11H2,1-3H3,(H,30,32)/b6-4-,18-16-,29-19-/t12-,14?,15+,21?/m0/s1. The number of amides is 1. The van der Waals surface area contributed by atoms with E-state index in [0.29, 0.717) is 24.6 Å². The number of benzene rings is 1. The summed E-state index contributed by atoms with van der Waals surface area (Å²) in [5.74, 6) is -1.03. The summed E-state index contributed by atoms with van der Waals surface area (Å²) in [5, 5.41) is 6.14. The predicted molar refractivity (Wildman–Crippen MR) is 114 cm³/mol. The van der Waals surface area contributed by atoms with Crippen molar-refractivity contribution in [1.82, 2.24) is 10.6 Å². The highest BCUT2D eigenvalue weighted by Gasteiger charge is 2.45. The molecule has 2 aliphatic heterocycles. The summed E-state index contributed by atoms with van der Waals surface area (Å²) in [7, 11) is 1.11. The van der Waals surface area contributed by atoms with Crippen LogP contribution in [0.15, 0.2) is 23.3 Å². The molecule has 2 N–H and O–H groups in total. The van der Waals surface area contributed by atoms with E-state index in [0.717, 1.165) is 36.0 Å². The van der Waals surface area contributed by atoms with Gasteiger partial charge in [-0.25, -0.2) is 4.39 Å². The maximum absolute atomic E-state index is 15.3. The third kappa shape index (κ3) is 4.40. The zero-order valence-corrected chi connectivity index (χ0v) is 18.4. The molecular formula is C23H28F4N4O. The number of anilines is 1. The summed E-state index contributed by atoms with van der Waals surface area (Å²) in [6.45, 7) is 4.59. The average Bonchev–Trinajstić information content (AvgIpc) is 3.41. The van der Waals surface area contributed by atoms with Gasteiger partial charge in [-0.3, -0.25) is 9.79 Å². The molecule has 1 saturated heterocycles. The molecule has 0 radical (unpaired) electrons. The molecule has 1 amide bonds. The largest absolute Gasteiger partial charge is 0.412 e. The summed E-state index contributed by atoms with van der Waals surface area (Å²) in [5.41, 5.74) is 2.38. The van der Waals surface area contributed by atoms with Crippen molar-refractivity contribution >= 4 is 17.2 Å². The van der Waals surface area contributed by atoms with Gasteiger partial charge in [-0.1, -0.05) is 18.6 Å². The van der Waals surface area contributed by atoms with E-state index < -0.39 is 24.2 Å². The highest BCUT2D eigenvalue weighted by Crippen LogP contribution is 2.42. The summed E-state index contributed by atoms with van der Waals surface area (Å²) >= 11 is 0. The molecule has 4 atom stereocenters. The van der Waals surface area contributed by atoms with Gasteiger partial charge in [0, 0.05) is 30.5 Å². The van der Waals surface area contributed by atoms with Gasteiger partial charge in [0.15, 0.2) is 6.04 Å². The number of nitrogens with zero attached hydrogens (tertiary/aromatic N) is 2. The van der Waals surface area contributed by atoms with Crippen LogP contribution in [0.1, 0.15) is 31.7 Å². The molecule has 0 aromatic heterocycles. The number of allylic oxidation sites excluding steroid dienone is 1. The normalized spacial score (nSPS) is 29.5. The maximum Gasteiger partial charge on any atom is 0.412 e. The Balaban J connectivity index is 1.69. The number of piperidine rings is 1. The lowest BCUT2D eigenvalue weighted by atomic mass is 9.94. The number of halogens is 4. The molecule has 1 aliphatic carbocycles. The van der Waals surface area contributed by atoms with Crippen molar-refractivity contribution in [3.8, 4) is 0 Å². The van der Waals surface area contributed by atoms with E-state index >= 15 is 4.39 Å². The Morgan fingerprint density at radius 2 is 2.06 bits per heavy atom. The first-order chi connectivity index (χ1) is 15.1. The Bertz CT molecular complexity index is 1070. The number of hydrogen-bond donors (Lipinski definition) is 2. The van der Waals surface area contributed by atoms with E-state index in [9.17, 15) is 18.0 Å². The fourth-order valence-corrected chi connectivity index (χ4v) is 4.99. The van der Waals surface area contributed by atoms with Gasteiger partial charge in [-0.05, 0) is 56.7 Å². The number of likely N-dealkylation sites (N-methyl/N-ethyl adjacent to an activating group) is 1. The molecule has 2 fully saturated rings. The average molecular weight is 452 g/mol.